The van der Waals surface area contributed by atoms with Gasteiger partial charge in [-0.25, -0.2) is 0 Å². The molecule has 0 saturated heterocycles. The number of nitro benzene ring substituents is 1. The molecule has 1 aromatic carbocycles. The topological polar surface area (TPSA) is 80.4 Å². The monoisotopic (exact) mass is 321 g/mol. The first-order valence-electron chi connectivity index (χ1n) is 7.31. The van der Waals surface area contributed by atoms with Crippen molar-refractivity contribution < 1.29 is 14.8 Å². The summed E-state index contributed by atoms with van der Waals surface area (Å²) in [6.07, 6.45) is 6.06. The molecular weight excluding hydrogens is 306 g/mol. The maximum atomic E-state index is 11.1. The zero-order valence-electron chi connectivity index (χ0n) is 11.8. The molecule has 22 heavy (non-hydrogen) atoms. The summed E-state index contributed by atoms with van der Waals surface area (Å²) in [6.45, 7) is 0. The Morgan fingerprint density at radius 1 is 1.36 bits per heavy atom. The Morgan fingerprint density at radius 3 is 2.77 bits per heavy atom. The van der Waals surface area contributed by atoms with E-state index in [2.05, 4.69) is 12.2 Å². The summed E-state index contributed by atoms with van der Waals surface area (Å²) in [4.78, 5) is 21.5. The molecular formula is C16H16ClNO4. The van der Waals surface area contributed by atoms with Crippen LogP contribution in [-0.2, 0) is 4.79 Å². The van der Waals surface area contributed by atoms with Crippen LogP contribution in [-0.4, -0.2) is 16.0 Å². The van der Waals surface area contributed by atoms with E-state index in [0.717, 1.165) is 12.0 Å². The molecule has 1 aromatic rings. The van der Waals surface area contributed by atoms with Gasteiger partial charge in [0.05, 0.1) is 4.92 Å². The van der Waals surface area contributed by atoms with Crippen molar-refractivity contribution >= 4 is 23.3 Å². The summed E-state index contributed by atoms with van der Waals surface area (Å²) < 4.78 is 0. The number of allylic oxidation sites excluding steroid dienone is 2. The van der Waals surface area contributed by atoms with E-state index in [-0.39, 0.29) is 29.0 Å². The molecule has 2 aliphatic rings. The van der Waals surface area contributed by atoms with Gasteiger partial charge in [0.1, 0.15) is 5.02 Å². The fourth-order valence-electron chi connectivity index (χ4n) is 3.98. The average molecular weight is 322 g/mol. The molecule has 0 spiro atoms. The van der Waals surface area contributed by atoms with Crippen LogP contribution in [0.5, 0.6) is 0 Å². The van der Waals surface area contributed by atoms with Crippen LogP contribution in [0.3, 0.4) is 0 Å². The highest BCUT2D eigenvalue weighted by atomic mass is 35.5. The van der Waals surface area contributed by atoms with Gasteiger partial charge < -0.3 is 5.11 Å². The highest BCUT2D eigenvalue weighted by Gasteiger charge is 2.45. The first-order valence-corrected chi connectivity index (χ1v) is 7.69. The summed E-state index contributed by atoms with van der Waals surface area (Å²) in [5.41, 5.74) is 0.811. The van der Waals surface area contributed by atoms with Crippen LogP contribution >= 0.6 is 11.6 Å². The normalized spacial score (nSPS) is 29.0. The minimum Gasteiger partial charge on any atom is -0.481 e. The molecule has 4 atom stereocenters. The third-order valence-electron chi connectivity index (χ3n) is 4.87. The van der Waals surface area contributed by atoms with E-state index in [0.29, 0.717) is 18.3 Å². The quantitative estimate of drug-likeness (QED) is 0.504. The van der Waals surface area contributed by atoms with Crippen molar-refractivity contribution in [1.82, 2.24) is 0 Å². The number of benzene rings is 1. The molecule has 1 fully saturated rings. The Hall–Kier alpha value is -1.88. The molecule has 1 saturated carbocycles. The smallest absolute Gasteiger partial charge is 0.303 e. The fourth-order valence-corrected chi connectivity index (χ4v) is 4.17. The molecule has 2 aliphatic carbocycles. The molecule has 0 aliphatic heterocycles. The van der Waals surface area contributed by atoms with E-state index >= 15 is 0 Å². The van der Waals surface area contributed by atoms with Crippen molar-refractivity contribution in [2.24, 2.45) is 17.8 Å². The number of carboxylic acid groups (broad SMARTS) is 1. The van der Waals surface area contributed by atoms with E-state index in [1.54, 1.807) is 12.1 Å². The van der Waals surface area contributed by atoms with E-state index in [4.69, 9.17) is 16.7 Å². The van der Waals surface area contributed by atoms with Crippen LogP contribution < -0.4 is 0 Å². The fraction of sp³-hybridized carbons (Fsp3) is 0.438. The zero-order chi connectivity index (χ0) is 15.9. The lowest BCUT2D eigenvalue weighted by atomic mass is 9.76. The van der Waals surface area contributed by atoms with Crippen molar-refractivity contribution in [3.8, 4) is 0 Å². The molecule has 0 radical (unpaired) electrons. The Labute approximate surface area is 132 Å². The van der Waals surface area contributed by atoms with Crippen LogP contribution in [0.4, 0.5) is 5.69 Å². The number of aliphatic carboxylic acids is 1. The Kier molecular flexibility index (Phi) is 3.91. The predicted octanol–water partition coefficient (Wildman–Crippen LogP) is 4.02. The standard InChI is InChI=1S/C16H16ClNO4/c17-13-5-3-11(8-14(13)18(21)22)16-10-2-1-9(7-10)12(16)4-6-15(19)20/h1-3,5,8-10,12,16H,4,6-7H2,(H,19,20). The second kappa shape index (κ2) is 5.72. The van der Waals surface area contributed by atoms with Crippen LogP contribution in [0.15, 0.2) is 30.4 Å². The van der Waals surface area contributed by atoms with Gasteiger partial charge in [0.15, 0.2) is 0 Å². The minimum atomic E-state index is -0.799. The molecule has 2 bridgehead atoms. The third kappa shape index (κ3) is 2.61. The molecule has 6 heteroatoms. The maximum absolute atomic E-state index is 11.1. The minimum absolute atomic E-state index is 0.0806. The number of fused-ring (bicyclic) bond motifs is 2. The van der Waals surface area contributed by atoms with E-state index < -0.39 is 10.9 Å². The molecule has 1 N–H and O–H groups in total. The second-order valence-electron chi connectivity index (χ2n) is 6.04. The number of halogens is 1. The van der Waals surface area contributed by atoms with E-state index in [1.807, 2.05) is 6.07 Å². The number of carbonyl (C=O) groups is 1. The molecule has 4 unspecified atom stereocenters. The van der Waals surface area contributed by atoms with Gasteiger partial charge in [0.2, 0.25) is 0 Å². The van der Waals surface area contributed by atoms with Crippen molar-refractivity contribution in [1.29, 1.82) is 0 Å². The van der Waals surface area contributed by atoms with Gasteiger partial charge in [-0.2, -0.15) is 0 Å². The van der Waals surface area contributed by atoms with Gasteiger partial charge in [-0.3, -0.25) is 14.9 Å². The number of nitro groups is 1. The molecule has 116 valence electrons. The molecule has 0 aromatic heterocycles. The highest BCUT2D eigenvalue weighted by molar-refractivity contribution is 6.32. The summed E-state index contributed by atoms with van der Waals surface area (Å²) >= 11 is 5.88. The molecule has 5 nitrogen and oxygen atoms in total. The van der Waals surface area contributed by atoms with Crippen LogP contribution in [0.1, 0.15) is 30.7 Å². The lowest BCUT2D eigenvalue weighted by Gasteiger charge is -2.28. The average Bonchev–Trinajstić information content (AvgIpc) is 3.06. The summed E-state index contributed by atoms with van der Waals surface area (Å²) in [5, 5.41) is 20.1. The number of hydrogen-bond donors (Lipinski definition) is 1. The van der Waals surface area contributed by atoms with Gasteiger partial charge in [0, 0.05) is 12.5 Å². The van der Waals surface area contributed by atoms with Crippen LogP contribution in [0.2, 0.25) is 5.02 Å². The largest absolute Gasteiger partial charge is 0.481 e. The van der Waals surface area contributed by atoms with Gasteiger partial charge in [-0.1, -0.05) is 29.8 Å². The maximum Gasteiger partial charge on any atom is 0.303 e. The summed E-state index contributed by atoms with van der Waals surface area (Å²) in [7, 11) is 0. The first-order chi connectivity index (χ1) is 10.5. The summed E-state index contributed by atoms with van der Waals surface area (Å²) in [6, 6.07) is 4.95. The van der Waals surface area contributed by atoms with Crippen molar-refractivity contribution in [2.45, 2.75) is 25.2 Å². The van der Waals surface area contributed by atoms with E-state index in [9.17, 15) is 14.9 Å². The number of rotatable bonds is 5. The Morgan fingerprint density at radius 2 is 2.09 bits per heavy atom. The van der Waals surface area contributed by atoms with Gasteiger partial charge in [0.25, 0.3) is 5.69 Å². The lowest BCUT2D eigenvalue weighted by Crippen LogP contribution is -2.19. The van der Waals surface area contributed by atoms with Gasteiger partial charge >= 0.3 is 5.97 Å². The van der Waals surface area contributed by atoms with Gasteiger partial charge in [-0.05, 0) is 48.1 Å². The first kappa shape index (κ1) is 15.0. The Balaban J connectivity index is 1.91. The van der Waals surface area contributed by atoms with Gasteiger partial charge in [-0.15, -0.1) is 0 Å². The molecule has 0 amide bonds. The second-order valence-corrected chi connectivity index (χ2v) is 6.45. The summed E-state index contributed by atoms with van der Waals surface area (Å²) in [5.74, 6) is 0.290. The van der Waals surface area contributed by atoms with E-state index in [1.165, 1.54) is 0 Å². The molecule has 3 rings (SSSR count). The van der Waals surface area contributed by atoms with Crippen molar-refractivity contribution in [2.75, 3.05) is 0 Å². The zero-order valence-corrected chi connectivity index (χ0v) is 12.6. The Bertz CT molecular complexity index is 658. The van der Waals surface area contributed by atoms with Crippen LogP contribution in [0.25, 0.3) is 0 Å². The molecule has 0 heterocycles. The lowest BCUT2D eigenvalue weighted by molar-refractivity contribution is -0.384. The predicted molar refractivity (Wildman–Crippen MR) is 81.9 cm³/mol. The number of hydrogen-bond acceptors (Lipinski definition) is 3. The SMILES string of the molecule is O=C(O)CCC1C2C=CC(C2)C1c1ccc(Cl)c([N+](=O)[O-])c1. The third-order valence-corrected chi connectivity index (χ3v) is 5.19. The van der Waals surface area contributed by atoms with Crippen LogP contribution in [0, 0.1) is 27.9 Å². The highest BCUT2D eigenvalue weighted by Crippen LogP contribution is 2.55. The number of carboxylic acids is 1. The van der Waals surface area contributed by atoms with Crippen molar-refractivity contribution in [3.63, 3.8) is 0 Å². The van der Waals surface area contributed by atoms with Crippen molar-refractivity contribution in [3.05, 3.63) is 51.1 Å². The number of nitrogens with zero attached hydrogens (tertiary/aromatic N) is 1.